The molecule has 142 valence electrons. The van der Waals surface area contributed by atoms with E-state index in [2.05, 4.69) is 92.2 Å². The standard InChI is InChI=1S/C24H34OS/c1-15-11-17(23(3,4)5)13-19-21(15)25-22-16(2)12-18(24(6,7)8)14-20(22)26(19,9)10/h11-14H,1-10H3. The normalized spacial score (nSPS) is 17.2. The number of benzene rings is 2. The highest BCUT2D eigenvalue weighted by Crippen LogP contribution is 2.67. The van der Waals surface area contributed by atoms with E-state index >= 15 is 0 Å². The van der Waals surface area contributed by atoms with Crippen LogP contribution < -0.4 is 4.74 Å². The van der Waals surface area contributed by atoms with Gasteiger partial charge < -0.3 is 4.74 Å². The van der Waals surface area contributed by atoms with Gasteiger partial charge in [0, 0.05) is 9.79 Å². The molecule has 2 aromatic carbocycles. The maximum absolute atomic E-state index is 6.53. The first-order chi connectivity index (χ1) is 11.7. The van der Waals surface area contributed by atoms with Crippen molar-refractivity contribution in [3.05, 3.63) is 46.5 Å². The van der Waals surface area contributed by atoms with Gasteiger partial charge in [0.15, 0.2) is 0 Å². The van der Waals surface area contributed by atoms with Gasteiger partial charge in [-0.1, -0.05) is 53.7 Å². The van der Waals surface area contributed by atoms with Crippen LogP contribution in [-0.4, -0.2) is 12.5 Å². The summed E-state index contributed by atoms with van der Waals surface area (Å²) in [6, 6.07) is 9.41. The monoisotopic (exact) mass is 370 g/mol. The lowest BCUT2D eigenvalue weighted by molar-refractivity contribution is 0.442. The van der Waals surface area contributed by atoms with Gasteiger partial charge in [0.25, 0.3) is 0 Å². The first-order valence-corrected chi connectivity index (χ1v) is 11.9. The molecule has 2 aromatic rings. The van der Waals surface area contributed by atoms with Gasteiger partial charge in [0.1, 0.15) is 11.5 Å². The van der Waals surface area contributed by atoms with Crippen LogP contribution in [0.5, 0.6) is 11.5 Å². The molecule has 0 unspecified atom stereocenters. The third kappa shape index (κ3) is 3.07. The largest absolute Gasteiger partial charge is 0.455 e. The second-order valence-corrected chi connectivity index (χ2v) is 13.7. The van der Waals surface area contributed by atoms with E-state index in [1.165, 1.54) is 32.0 Å². The van der Waals surface area contributed by atoms with Crippen molar-refractivity contribution >= 4 is 10.0 Å². The molecule has 0 saturated carbocycles. The van der Waals surface area contributed by atoms with Crippen molar-refractivity contribution in [3.8, 4) is 11.5 Å². The summed E-state index contributed by atoms with van der Waals surface area (Å²) < 4.78 is 6.53. The minimum absolute atomic E-state index is 0.138. The maximum atomic E-state index is 6.53. The molecule has 1 aliphatic rings. The van der Waals surface area contributed by atoms with Crippen LogP contribution in [0.3, 0.4) is 0 Å². The molecular weight excluding hydrogens is 336 g/mol. The number of hydrogen-bond acceptors (Lipinski definition) is 1. The molecule has 0 saturated heterocycles. The molecule has 0 fully saturated rings. The van der Waals surface area contributed by atoms with Crippen molar-refractivity contribution in [3.63, 3.8) is 0 Å². The molecule has 0 amide bonds. The van der Waals surface area contributed by atoms with Gasteiger partial charge >= 0.3 is 0 Å². The predicted octanol–water partition coefficient (Wildman–Crippen LogP) is 7.49. The van der Waals surface area contributed by atoms with Crippen LogP contribution in [0.1, 0.15) is 63.8 Å². The molecular formula is C24H34OS. The van der Waals surface area contributed by atoms with Gasteiger partial charge in [-0.2, -0.15) is 10.0 Å². The molecule has 2 heteroatoms. The van der Waals surface area contributed by atoms with E-state index in [0.29, 0.717) is 0 Å². The highest BCUT2D eigenvalue weighted by atomic mass is 32.3. The fraction of sp³-hybridized carbons (Fsp3) is 0.500. The van der Waals surface area contributed by atoms with E-state index in [0.717, 1.165) is 11.5 Å². The summed E-state index contributed by atoms with van der Waals surface area (Å²) in [5.74, 6) is 2.16. The lowest BCUT2D eigenvalue weighted by Crippen LogP contribution is -2.17. The lowest BCUT2D eigenvalue weighted by atomic mass is 9.86. The Hall–Kier alpha value is -1.41. The molecule has 0 radical (unpaired) electrons. The van der Waals surface area contributed by atoms with E-state index in [9.17, 15) is 0 Å². The lowest BCUT2D eigenvalue weighted by Gasteiger charge is -2.42. The Labute approximate surface area is 161 Å². The van der Waals surface area contributed by atoms with Crippen LogP contribution >= 0.6 is 10.0 Å². The van der Waals surface area contributed by atoms with Crippen LogP contribution in [-0.2, 0) is 10.8 Å². The summed E-state index contributed by atoms with van der Waals surface area (Å²) in [6.45, 7) is 18.1. The number of aryl methyl sites for hydroxylation is 2. The highest BCUT2D eigenvalue weighted by Gasteiger charge is 2.35. The molecule has 1 nitrogen and oxygen atoms in total. The molecule has 0 N–H and O–H groups in total. The van der Waals surface area contributed by atoms with Crippen LogP contribution in [0.2, 0.25) is 0 Å². The number of fused-ring (bicyclic) bond motifs is 2. The SMILES string of the molecule is Cc1cc(C(C)(C)C)cc2c1Oc1c(C)cc(C(C)(C)C)cc1S2(C)C. The fourth-order valence-corrected chi connectivity index (χ4v) is 6.00. The molecule has 26 heavy (non-hydrogen) atoms. The summed E-state index contributed by atoms with van der Waals surface area (Å²) in [5.41, 5.74) is 5.56. The topological polar surface area (TPSA) is 9.23 Å². The van der Waals surface area contributed by atoms with Gasteiger partial charge in [-0.05, 0) is 71.6 Å². The Morgan fingerprint density at radius 1 is 0.654 bits per heavy atom. The van der Waals surface area contributed by atoms with E-state index in [1.807, 2.05) is 0 Å². The van der Waals surface area contributed by atoms with Crippen molar-refractivity contribution in [1.82, 2.24) is 0 Å². The Balaban J connectivity index is 2.29. The summed E-state index contributed by atoms with van der Waals surface area (Å²) in [5, 5.41) is 0. The number of hydrogen-bond donors (Lipinski definition) is 0. The van der Waals surface area contributed by atoms with Gasteiger partial charge in [-0.25, -0.2) is 0 Å². The molecule has 0 aliphatic carbocycles. The first kappa shape index (κ1) is 19.4. The maximum Gasteiger partial charge on any atom is 0.142 e. The Bertz CT molecular complexity index is 805. The van der Waals surface area contributed by atoms with Gasteiger partial charge in [0.2, 0.25) is 0 Å². The van der Waals surface area contributed by atoms with Crippen LogP contribution in [0.15, 0.2) is 34.1 Å². The molecule has 0 spiro atoms. The highest BCUT2D eigenvalue weighted by molar-refractivity contribution is 8.32. The minimum atomic E-state index is -1.14. The molecule has 0 bridgehead atoms. The second kappa shape index (κ2) is 5.79. The molecule has 0 atom stereocenters. The van der Waals surface area contributed by atoms with E-state index in [4.69, 9.17) is 4.74 Å². The minimum Gasteiger partial charge on any atom is -0.455 e. The molecule has 3 rings (SSSR count). The van der Waals surface area contributed by atoms with Crippen LogP contribution in [0.25, 0.3) is 0 Å². The van der Waals surface area contributed by atoms with Crippen molar-refractivity contribution in [2.24, 2.45) is 0 Å². The van der Waals surface area contributed by atoms with Crippen LogP contribution in [0.4, 0.5) is 0 Å². The smallest absolute Gasteiger partial charge is 0.142 e. The van der Waals surface area contributed by atoms with Gasteiger partial charge in [0.05, 0.1) is 0 Å². The predicted molar refractivity (Wildman–Crippen MR) is 116 cm³/mol. The zero-order valence-electron chi connectivity index (χ0n) is 18.1. The summed E-state index contributed by atoms with van der Waals surface area (Å²) >= 11 is 0. The fourth-order valence-electron chi connectivity index (χ4n) is 3.59. The first-order valence-electron chi connectivity index (χ1n) is 9.44. The summed E-state index contributed by atoms with van der Waals surface area (Å²) in [4.78, 5) is 2.78. The second-order valence-electron chi connectivity index (χ2n) is 10.2. The van der Waals surface area contributed by atoms with E-state index in [1.54, 1.807) is 0 Å². The molecule has 1 heterocycles. The molecule has 0 aromatic heterocycles. The molecule has 1 aliphatic heterocycles. The zero-order valence-corrected chi connectivity index (χ0v) is 18.9. The van der Waals surface area contributed by atoms with Crippen molar-refractivity contribution in [2.45, 2.75) is 76.0 Å². The van der Waals surface area contributed by atoms with E-state index in [-0.39, 0.29) is 10.8 Å². The average Bonchev–Trinajstić information content (AvgIpc) is 2.47. The number of rotatable bonds is 0. The van der Waals surface area contributed by atoms with Gasteiger partial charge in [-0.3, -0.25) is 0 Å². The summed E-state index contributed by atoms with van der Waals surface area (Å²) in [6.07, 6.45) is 4.84. The Morgan fingerprint density at radius 2 is 1.00 bits per heavy atom. The quantitative estimate of drug-likeness (QED) is 0.467. The third-order valence-corrected chi connectivity index (χ3v) is 8.32. The average molecular weight is 371 g/mol. The van der Waals surface area contributed by atoms with Gasteiger partial charge in [-0.15, -0.1) is 0 Å². The summed E-state index contributed by atoms with van der Waals surface area (Å²) in [7, 11) is -1.14. The third-order valence-electron chi connectivity index (χ3n) is 5.52. The van der Waals surface area contributed by atoms with E-state index < -0.39 is 10.0 Å². The van der Waals surface area contributed by atoms with Crippen molar-refractivity contribution < 1.29 is 4.74 Å². The number of ether oxygens (including phenoxy) is 1. The van der Waals surface area contributed by atoms with Crippen molar-refractivity contribution in [1.29, 1.82) is 0 Å². The Kier molecular flexibility index (Phi) is 4.31. The Morgan fingerprint density at radius 3 is 1.31 bits per heavy atom. The zero-order chi connectivity index (χ0) is 19.7. The van der Waals surface area contributed by atoms with Crippen molar-refractivity contribution in [2.75, 3.05) is 12.5 Å². The van der Waals surface area contributed by atoms with Crippen LogP contribution in [0, 0.1) is 13.8 Å².